The molecule has 0 N–H and O–H groups in total. The summed E-state index contributed by atoms with van der Waals surface area (Å²) in [7, 11) is 0. The van der Waals surface area contributed by atoms with E-state index in [-0.39, 0.29) is 5.91 Å². The molecule has 2 fully saturated rings. The summed E-state index contributed by atoms with van der Waals surface area (Å²) in [6.45, 7) is 5.44. The van der Waals surface area contributed by atoms with Crippen LogP contribution >= 0.6 is 0 Å². The van der Waals surface area contributed by atoms with Crippen LogP contribution in [0.25, 0.3) is 17.2 Å². The second kappa shape index (κ2) is 8.37. The van der Waals surface area contributed by atoms with Gasteiger partial charge in [0.25, 0.3) is 11.9 Å². The SMILES string of the molecule is Cc1c(C(=O)N2CCN(C3CCCC3)CC2)cnn1-c1ncc2c(n1)-c1ccccc1CC2. The van der Waals surface area contributed by atoms with Gasteiger partial charge < -0.3 is 4.90 Å². The van der Waals surface area contributed by atoms with E-state index in [0.717, 1.165) is 56.5 Å². The fourth-order valence-corrected chi connectivity index (χ4v) is 5.71. The number of benzene rings is 1. The van der Waals surface area contributed by atoms with Gasteiger partial charge in [0.2, 0.25) is 0 Å². The molecule has 0 atom stereocenters. The lowest BCUT2D eigenvalue weighted by atomic mass is 9.90. The van der Waals surface area contributed by atoms with Crippen molar-refractivity contribution in [3.63, 3.8) is 0 Å². The standard InChI is InChI=1S/C26H30N6O/c1-18-23(25(33)31-14-12-30(13-15-31)21-7-3-4-8-21)17-28-32(18)26-27-16-20-11-10-19-6-2-5-9-22(19)24(20)29-26/h2,5-6,9,16-17,21H,3-4,7-8,10-15H2,1H3. The maximum absolute atomic E-state index is 13.3. The first-order valence-electron chi connectivity index (χ1n) is 12.2. The smallest absolute Gasteiger partial charge is 0.257 e. The summed E-state index contributed by atoms with van der Waals surface area (Å²) in [6.07, 6.45) is 10.9. The van der Waals surface area contributed by atoms with Crippen LogP contribution in [0.5, 0.6) is 0 Å². The highest BCUT2D eigenvalue weighted by Gasteiger charge is 2.30. The number of rotatable bonds is 3. The van der Waals surface area contributed by atoms with Gasteiger partial charge in [-0.1, -0.05) is 37.1 Å². The molecule has 0 radical (unpaired) electrons. The molecule has 1 saturated heterocycles. The fourth-order valence-electron chi connectivity index (χ4n) is 5.71. The largest absolute Gasteiger partial charge is 0.336 e. The van der Waals surface area contributed by atoms with Crippen LogP contribution in [-0.4, -0.2) is 67.7 Å². The van der Waals surface area contributed by atoms with E-state index in [2.05, 4.69) is 39.2 Å². The molecule has 2 aromatic heterocycles. The van der Waals surface area contributed by atoms with Gasteiger partial charge in [0.05, 0.1) is 23.1 Å². The van der Waals surface area contributed by atoms with Gasteiger partial charge in [-0.3, -0.25) is 9.69 Å². The van der Waals surface area contributed by atoms with E-state index in [4.69, 9.17) is 4.98 Å². The average Bonchev–Trinajstić information content (AvgIpc) is 3.54. The first kappa shape index (κ1) is 20.5. The molecular weight excluding hydrogens is 412 g/mol. The minimum Gasteiger partial charge on any atom is -0.336 e. The number of aromatic nitrogens is 4. The molecule has 7 nitrogen and oxygen atoms in total. The Hall–Kier alpha value is -3.06. The number of aryl methyl sites for hydroxylation is 2. The van der Waals surface area contributed by atoms with Crippen molar-refractivity contribution in [2.75, 3.05) is 26.2 Å². The average molecular weight is 443 g/mol. The zero-order chi connectivity index (χ0) is 22.4. The Labute approximate surface area is 194 Å². The Morgan fingerprint density at radius 2 is 1.73 bits per heavy atom. The summed E-state index contributed by atoms with van der Waals surface area (Å²) < 4.78 is 1.71. The van der Waals surface area contributed by atoms with E-state index in [0.29, 0.717) is 11.5 Å². The third-order valence-electron chi connectivity index (χ3n) is 7.66. The van der Waals surface area contributed by atoms with Crippen molar-refractivity contribution in [3.8, 4) is 17.2 Å². The summed E-state index contributed by atoms with van der Waals surface area (Å²) in [5.74, 6) is 0.584. The molecule has 0 unspecified atom stereocenters. The number of piperazine rings is 1. The van der Waals surface area contributed by atoms with Crippen molar-refractivity contribution in [2.24, 2.45) is 0 Å². The summed E-state index contributed by atoms with van der Waals surface area (Å²) in [5, 5.41) is 4.52. The highest BCUT2D eigenvalue weighted by Crippen LogP contribution is 2.32. The van der Waals surface area contributed by atoms with Gasteiger partial charge in [0.15, 0.2) is 0 Å². The second-order valence-corrected chi connectivity index (χ2v) is 9.52. The first-order chi connectivity index (χ1) is 16.2. The van der Waals surface area contributed by atoms with E-state index >= 15 is 0 Å². The highest BCUT2D eigenvalue weighted by atomic mass is 16.2. The first-order valence-corrected chi connectivity index (χ1v) is 12.2. The van der Waals surface area contributed by atoms with Crippen molar-refractivity contribution in [3.05, 3.63) is 59.0 Å². The predicted molar refractivity (Wildman–Crippen MR) is 126 cm³/mol. The Bertz CT molecular complexity index is 1190. The topological polar surface area (TPSA) is 67.2 Å². The fraction of sp³-hybridized carbons (Fsp3) is 0.462. The predicted octanol–water partition coefficient (Wildman–Crippen LogP) is 3.44. The van der Waals surface area contributed by atoms with E-state index in [1.54, 1.807) is 10.9 Å². The summed E-state index contributed by atoms with van der Waals surface area (Å²) in [5.41, 5.74) is 6.07. The minimum absolute atomic E-state index is 0.0631. The molecule has 1 aliphatic heterocycles. The van der Waals surface area contributed by atoms with Crippen molar-refractivity contribution >= 4 is 5.91 Å². The molecule has 6 rings (SSSR count). The Morgan fingerprint density at radius 1 is 0.970 bits per heavy atom. The van der Waals surface area contributed by atoms with Gasteiger partial charge in [0.1, 0.15) is 0 Å². The Kier molecular flexibility index (Phi) is 5.21. The minimum atomic E-state index is 0.0631. The number of amides is 1. The maximum Gasteiger partial charge on any atom is 0.257 e. The highest BCUT2D eigenvalue weighted by molar-refractivity contribution is 5.95. The van der Waals surface area contributed by atoms with Crippen LogP contribution in [-0.2, 0) is 12.8 Å². The van der Waals surface area contributed by atoms with Crippen LogP contribution in [0, 0.1) is 6.92 Å². The molecule has 7 heteroatoms. The molecule has 3 aliphatic rings. The summed E-state index contributed by atoms with van der Waals surface area (Å²) in [6, 6.07) is 9.15. The second-order valence-electron chi connectivity index (χ2n) is 9.52. The van der Waals surface area contributed by atoms with Crippen LogP contribution in [0.15, 0.2) is 36.7 Å². The zero-order valence-corrected chi connectivity index (χ0v) is 19.2. The number of fused-ring (bicyclic) bond motifs is 3. The molecule has 3 aromatic rings. The molecule has 33 heavy (non-hydrogen) atoms. The molecule has 170 valence electrons. The quantitative estimate of drug-likeness (QED) is 0.622. The van der Waals surface area contributed by atoms with E-state index in [1.165, 1.54) is 42.4 Å². The maximum atomic E-state index is 13.3. The number of hydrogen-bond donors (Lipinski definition) is 0. The number of carbonyl (C=O) groups is 1. The summed E-state index contributed by atoms with van der Waals surface area (Å²) in [4.78, 5) is 27.3. The van der Waals surface area contributed by atoms with Crippen molar-refractivity contribution in [1.82, 2.24) is 29.5 Å². The van der Waals surface area contributed by atoms with Gasteiger partial charge in [-0.15, -0.1) is 0 Å². The van der Waals surface area contributed by atoms with Gasteiger partial charge >= 0.3 is 0 Å². The van der Waals surface area contributed by atoms with Crippen molar-refractivity contribution < 1.29 is 4.79 Å². The van der Waals surface area contributed by atoms with Gasteiger partial charge in [0, 0.05) is 44.0 Å². The molecule has 1 amide bonds. The molecule has 0 bridgehead atoms. The van der Waals surface area contributed by atoms with E-state index < -0.39 is 0 Å². The summed E-state index contributed by atoms with van der Waals surface area (Å²) >= 11 is 0. The van der Waals surface area contributed by atoms with Crippen molar-refractivity contribution in [1.29, 1.82) is 0 Å². The molecular formula is C26H30N6O. The lowest BCUT2D eigenvalue weighted by molar-refractivity contribution is 0.0572. The lowest BCUT2D eigenvalue weighted by Crippen LogP contribution is -2.51. The Balaban J connectivity index is 1.23. The monoisotopic (exact) mass is 442 g/mol. The van der Waals surface area contributed by atoms with Gasteiger partial charge in [-0.05, 0) is 43.7 Å². The molecule has 1 saturated carbocycles. The van der Waals surface area contributed by atoms with E-state index in [1.807, 2.05) is 18.0 Å². The number of hydrogen-bond acceptors (Lipinski definition) is 5. The molecule has 0 spiro atoms. The van der Waals surface area contributed by atoms with Crippen LogP contribution < -0.4 is 0 Å². The van der Waals surface area contributed by atoms with Gasteiger partial charge in [-0.25, -0.2) is 14.6 Å². The molecule has 2 aliphatic carbocycles. The van der Waals surface area contributed by atoms with Gasteiger partial charge in [-0.2, -0.15) is 5.10 Å². The number of carbonyl (C=O) groups excluding carboxylic acids is 1. The normalized spacial score (nSPS) is 18.9. The van der Waals surface area contributed by atoms with Crippen LogP contribution in [0.2, 0.25) is 0 Å². The third kappa shape index (κ3) is 3.64. The zero-order valence-electron chi connectivity index (χ0n) is 19.2. The molecule has 3 heterocycles. The molecule has 1 aromatic carbocycles. The van der Waals surface area contributed by atoms with Crippen LogP contribution in [0.3, 0.4) is 0 Å². The Morgan fingerprint density at radius 3 is 2.55 bits per heavy atom. The van der Waals surface area contributed by atoms with Crippen LogP contribution in [0.1, 0.15) is 52.9 Å². The number of nitrogens with zero attached hydrogens (tertiary/aromatic N) is 6. The van der Waals surface area contributed by atoms with E-state index in [9.17, 15) is 4.79 Å². The van der Waals surface area contributed by atoms with Crippen molar-refractivity contribution in [2.45, 2.75) is 51.5 Å². The van der Waals surface area contributed by atoms with Crippen LogP contribution in [0.4, 0.5) is 0 Å². The lowest BCUT2D eigenvalue weighted by Gasteiger charge is -2.38. The third-order valence-corrected chi connectivity index (χ3v) is 7.66.